The van der Waals surface area contributed by atoms with Crippen molar-refractivity contribution in [1.82, 2.24) is 14.8 Å². The third-order valence-corrected chi connectivity index (χ3v) is 4.74. The predicted molar refractivity (Wildman–Crippen MR) is 93.0 cm³/mol. The van der Waals surface area contributed by atoms with Crippen LogP contribution in [0.3, 0.4) is 0 Å². The van der Waals surface area contributed by atoms with E-state index in [1.807, 2.05) is 11.9 Å². The summed E-state index contributed by atoms with van der Waals surface area (Å²) in [4.78, 5) is 20.7. The van der Waals surface area contributed by atoms with Gasteiger partial charge in [-0.3, -0.25) is 9.69 Å². The van der Waals surface area contributed by atoms with Gasteiger partial charge in [-0.25, -0.2) is 4.98 Å². The van der Waals surface area contributed by atoms with E-state index in [4.69, 9.17) is 9.15 Å². The van der Waals surface area contributed by atoms with Gasteiger partial charge < -0.3 is 14.1 Å². The number of likely N-dealkylation sites (tertiary alicyclic amines) is 1. The molecule has 0 N–H and O–H groups in total. The van der Waals surface area contributed by atoms with Crippen LogP contribution in [0.1, 0.15) is 45.3 Å². The standard InChI is InChI=1S/C18H31N3O3/c1-18(2,3)15-10-19-16(24-15)7-8-17(22)21(5)11-13-9-14(23-6)12-20(13)4/h10,13-14H,7-9,11-12H2,1-6H3/t13-,14-/m0/s1. The van der Waals surface area contributed by atoms with Crippen LogP contribution in [0.2, 0.25) is 0 Å². The minimum absolute atomic E-state index is 0.0585. The first kappa shape index (κ1) is 18.9. The molecule has 1 aliphatic heterocycles. The van der Waals surface area contributed by atoms with Crippen LogP contribution in [-0.2, 0) is 21.4 Å². The topological polar surface area (TPSA) is 58.8 Å². The van der Waals surface area contributed by atoms with E-state index in [1.54, 1.807) is 13.3 Å². The molecule has 1 aromatic rings. The number of oxazole rings is 1. The Morgan fingerprint density at radius 1 is 1.50 bits per heavy atom. The molecule has 6 heteroatoms. The summed E-state index contributed by atoms with van der Waals surface area (Å²) in [5, 5.41) is 0. The van der Waals surface area contributed by atoms with E-state index in [2.05, 4.69) is 37.7 Å². The normalized spacial score (nSPS) is 22.1. The van der Waals surface area contributed by atoms with Gasteiger partial charge in [0.05, 0.1) is 12.3 Å². The summed E-state index contributed by atoms with van der Waals surface area (Å²) >= 11 is 0. The number of aryl methyl sites for hydroxylation is 1. The SMILES string of the molecule is CO[C@H]1C[C@@H](CN(C)C(=O)CCc2ncc(C(C)(C)C)o2)N(C)C1. The zero-order valence-corrected chi connectivity index (χ0v) is 15.8. The van der Waals surface area contributed by atoms with E-state index in [0.29, 0.717) is 24.8 Å². The van der Waals surface area contributed by atoms with Gasteiger partial charge in [-0.2, -0.15) is 0 Å². The van der Waals surface area contributed by atoms with Crippen molar-refractivity contribution in [3.63, 3.8) is 0 Å². The van der Waals surface area contributed by atoms with Gasteiger partial charge in [0, 0.05) is 51.5 Å². The Hall–Kier alpha value is -1.40. The largest absolute Gasteiger partial charge is 0.445 e. The number of nitrogens with zero attached hydrogens (tertiary/aromatic N) is 3. The lowest BCUT2D eigenvalue weighted by Gasteiger charge is -2.25. The molecule has 1 amide bonds. The average molecular weight is 337 g/mol. The van der Waals surface area contributed by atoms with Gasteiger partial charge in [0.15, 0.2) is 5.89 Å². The van der Waals surface area contributed by atoms with Crippen LogP contribution in [-0.4, -0.2) is 67.1 Å². The van der Waals surface area contributed by atoms with Crippen LogP contribution < -0.4 is 0 Å². The molecule has 1 aliphatic rings. The first-order valence-electron chi connectivity index (χ1n) is 8.63. The van der Waals surface area contributed by atoms with Gasteiger partial charge in [0.2, 0.25) is 5.91 Å². The fourth-order valence-electron chi connectivity index (χ4n) is 3.01. The molecule has 1 aromatic heterocycles. The van der Waals surface area contributed by atoms with Gasteiger partial charge in [0.25, 0.3) is 0 Å². The Labute approximate surface area is 145 Å². The first-order valence-corrected chi connectivity index (χ1v) is 8.63. The molecule has 2 rings (SSSR count). The molecule has 136 valence electrons. The summed E-state index contributed by atoms with van der Waals surface area (Å²) in [6.45, 7) is 7.91. The Morgan fingerprint density at radius 3 is 2.75 bits per heavy atom. The number of hydrogen-bond acceptors (Lipinski definition) is 5. The van der Waals surface area contributed by atoms with E-state index < -0.39 is 0 Å². The van der Waals surface area contributed by atoms with E-state index in [-0.39, 0.29) is 17.4 Å². The highest BCUT2D eigenvalue weighted by Gasteiger charge is 2.31. The molecule has 0 spiro atoms. The molecule has 0 aromatic carbocycles. The summed E-state index contributed by atoms with van der Waals surface area (Å²) in [5.41, 5.74) is -0.0585. The molecule has 6 nitrogen and oxygen atoms in total. The predicted octanol–water partition coefficient (Wildman–Crippen LogP) is 2.08. The molecule has 1 saturated heterocycles. The van der Waals surface area contributed by atoms with Crippen molar-refractivity contribution in [3.8, 4) is 0 Å². The number of rotatable bonds is 6. The van der Waals surface area contributed by atoms with Crippen molar-refractivity contribution in [1.29, 1.82) is 0 Å². The maximum atomic E-state index is 12.4. The summed E-state index contributed by atoms with van der Waals surface area (Å²) in [6, 6.07) is 0.359. The van der Waals surface area contributed by atoms with Crippen LogP contribution in [0.5, 0.6) is 0 Å². The molecule has 24 heavy (non-hydrogen) atoms. The summed E-state index contributed by atoms with van der Waals surface area (Å²) in [7, 11) is 5.70. The number of ether oxygens (including phenoxy) is 1. The van der Waals surface area contributed by atoms with E-state index in [0.717, 1.165) is 25.3 Å². The smallest absolute Gasteiger partial charge is 0.222 e. The molecular formula is C18H31N3O3. The van der Waals surface area contributed by atoms with Crippen molar-refractivity contribution in [2.24, 2.45) is 0 Å². The first-order chi connectivity index (χ1) is 11.2. The number of amides is 1. The van der Waals surface area contributed by atoms with Crippen LogP contribution in [0, 0.1) is 0 Å². The Bertz CT molecular complexity index is 550. The lowest BCUT2D eigenvalue weighted by molar-refractivity contribution is -0.130. The maximum absolute atomic E-state index is 12.4. The number of methoxy groups -OCH3 is 1. The Morgan fingerprint density at radius 2 is 2.21 bits per heavy atom. The quantitative estimate of drug-likeness (QED) is 0.795. The fraction of sp³-hybridized carbons (Fsp3) is 0.778. The summed E-state index contributed by atoms with van der Waals surface area (Å²) < 4.78 is 11.2. The van der Waals surface area contributed by atoms with Crippen LogP contribution in [0.25, 0.3) is 0 Å². The third-order valence-electron chi connectivity index (χ3n) is 4.74. The van der Waals surface area contributed by atoms with Gasteiger partial charge in [-0.15, -0.1) is 0 Å². The van der Waals surface area contributed by atoms with Crippen LogP contribution in [0.15, 0.2) is 10.6 Å². The minimum Gasteiger partial charge on any atom is -0.445 e. The molecule has 0 bridgehead atoms. The minimum atomic E-state index is -0.0585. The maximum Gasteiger partial charge on any atom is 0.222 e. The second-order valence-corrected chi connectivity index (χ2v) is 7.83. The van der Waals surface area contributed by atoms with E-state index >= 15 is 0 Å². The average Bonchev–Trinajstić information content (AvgIpc) is 3.11. The molecular weight excluding hydrogens is 306 g/mol. The second kappa shape index (κ2) is 7.66. The van der Waals surface area contributed by atoms with Crippen molar-refractivity contribution >= 4 is 5.91 Å². The third kappa shape index (κ3) is 4.80. The van der Waals surface area contributed by atoms with Crippen LogP contribution >= 0.6 is 0 Å². The molecule has 1 fully saturated rings. The molecule has 0 radical (unpaired) electrons. The monoisotopic (exact) mass is 337 g/mol. The highest BCUT2D eigenvalue weighted by molar-refractivity contribution is 5.76. The fourth-order valence-corrected chi connectivity index (χ4v) is 3.01. The van der Waals surface area contributed by atoms with Crippen molar-refractivity contribution in [3.05, 3.63) is 17.8 Å². The lowest BCUT2D eigenvalue weighted by atomic mass is 9.94. The highest BCUT2D eigenvalue weighted by atomic mass is 16.5. The van der Waals surface area contributed by atoms with Crippen molar-refractivity contribution in [2.45, 2.75) is 57.6 Å². The number of likely N-dealkylation sites (N-methyl/N-ethyl adjacent to an activating group) is 2. The number of carbonyl (C=O) groups excluding carboxylic acids is 1. The van der Waals surface area contributed by atoms with E-state index in [1.165, 1.54) is 0 Å². The molecule has 0 saturated carbocycles. The van der Waals surface area contributed by atoms with Gasteiger partial charge in [0.1, 0.15) is 5.76 Å². The van der Waals surface area contributed by atoms with E-state index in [9.17, 15) is 4.79 Å². The highest BCUT2D eigenvalue weighted by Crippen LogP contribution is 2.23. The number of aromatic nitrogens is 1. The lowest BCUT2D eigenvalue weighted by Crippen LogP contribution is -2.39. The van der Waals surface area contributed by atoms with Crippen LogP contribution in [0.4, 0.5) is 0 Å². The van der Waals surface area contributed by atoms with Crippen molar-refractivity contribution < 1.29 is 13.9 Å². The zero-order valence-electron chi connectivity index (χ0n) is 15.8. The zero-order chi connectivity index (χ0) is 17.9. The molecule has 0 unspecified atom stereocenters. The molecule has 0 aliphatic carbocycles. The van der Waals surface area contributed by atoms with Crippen molar-refractivity contribution in [2.75, 3.05) is 34.3 Å². The Balaban J connectivity index is 1.81. The number of hydrogen-bond donors (Lipinski definition) is 0. The Kier molecular flexibility index (Phi) is 6.04. The molecule has 2 heterocycles. The number of carbonyl (C=O) groups is 1. The second-order valence-electron chi connectivity index (χ2n) is 7.83. The summed E-state index contributed by atoms with van der Waals surface area (Å²) in [5.74, 6) is 1.62. The van der Waals surface area contributed by atoms with Gasteiger partial charge >= 0.3 is 0 Å². The summed E-state index contributed by atoms with van der Waals surface area (Å²) in [6.07, 6.45) is 3.97. The van der Waals surface area contributed by atoms with Gasteiger partial charge in [-0.1, -0.05) is 20.8 Å². The van der Waals surface area contributed by atoms with Gasteiger partial charge in [-0.05, 0) is 13.5 Å². The molecule has 2 atom stereocenters.